The van der Waals surface area contributed by atoms with Crippen molar-refractivity contribution in [2.24, 2.45) is 0 Å². The van der Waals surface area contributed by atoms with Gasteiger partial charge in [0.25, 0.3) is 0 Å². The minimum Gasteiger partial charge on any atom is -0.508 e. The molecule has 0 aliphatic carbocycles. The number of phenolic OH excluding ortho intramolecular Hbond substituents is 1. The Balaban J connectivity index is 1.94. The van der Waals surface area contributed by atoms with E-state index in [-0.39, 0.29) is 21.7 Å². The average molecular weight is 362 g/mol. The molecular weight excluding hydrogens is 352 g/mol. The number of hydrogen-bond donors (Lipinski definition) is 1. The van der Waals surface area contributed by atoms with Gasteiger partial charge in [0.15, 0.2) is 5.78 Å². The maximum atomic E-state index is 13.6. The lowest BCUT2D eigenvalue weighted by molar-refractivity contribution is 0.104. The summed E-state index contributed by atoms with van der Waals surface area (Å²) in [5.41, 5.74) is 1.37. The number of pyridine rings is 1. The van der Waals surface area contributed by atoms with Crippen molar-refractivity contribution in [3.05, 3.63) is 75.7 Å². The molecule has 0 aliphatic rings. The maximum absolute atomic E-state index is 13.6. The molecule has 0 bridgehead atoms. The highest BCUT2D eigenvalue weighted by atomic mass is 35.5. The highest BCUT2D eigenvalue weighted by Gasteiger charge is 2.08. The van der Waals surface area contributed by atoms with Gasteiger partial charge in [-0.25, -0.2) is 9.37 Å². The third kappa shape index (κ3) is 3.40. The minimum atomic E-state index is -0.552. The zero-order valence-corrected chi connectivity index (χ0v) is 13.6. The third-order valence-electron chi connectivity index (χ3n) is 3.40. The predicted octanol–water partition coefficient (Wildman–Crippen LogP) is 5.28. The molecule has 3 aromatic rings. The number of allylic oxidation sites excluding steroid dienone is 1. The molecule has 1 heterocycles. The van der Waals surface area contributed by atoms with E-state index in [1.165, 1.54) is 48.6 Å². The maximum Gasteiger partial charge on any atom is 0.185 e. The summed E-state index contributed by atoms with van der Waals surface area (Å²) in [5.74, 6) is -0.727. The number of rotatable bonds is 3. The number of halogens is 3. The van der Waals surface area contributed by atoms with E-state index in [0.29, 0.717) is 22.0 Å². The van der Waals surface area contributed by atoms with Gasteiger partial charge in [0.05, 0.1) is 10.5 Å². The van der Waals surface area contributed by atoms with Gasteiger partial charge in [-0.1, -0.05) is 23.2 Å². The first-order chi connectivity index (χ1) is 11.4. The van der Waals surface area contributed by atoms with Gasteiger partial charge in [-0.05, 0) is 54.6 Å². The van der Waals surface area contributed by atoms with Crippen molar-refractivity contribution in [2.45, 2.75) is 0 Å². The van der Waals surface area contributed by atoms with Crippen LogP contribution in [0.4, 0.5) is 4.39 Å². The first kappa shape index (κ1) is 16.4. The van der Waals surface area contributed by atoms with Crippen molar-refractivity contribution < 1.29 is 14.3 Å². The van der Waals surface area contributed by atoms with Crippen LogP contribution in [0, 0.1) is 5.82 Å². The fourth-order valence-corrected chi connectivity index (χ4v) is 2.53. The van der Waals surface area contributed by atoms with Gasteiger partial charge in [0.2, 0.25) is 0 Å². The van der Waals surface area contributed by atoms with E-state index in [4.69, 9.17) is 23.2 Å². The van der Waals surface area contributed by atoms with Crippen LogP contribution in [0.1, 0.15) is 15.9 Å². The molecule has 0 unspecified atom stereocenters. The molecule has 0 saturated carbocycles. The van der Waals surface area contributed by atoms with Crippen LogP contribution in [0.2, 0.25) is 10.2 Å². The van der Waals surface area contributed by atoms with E-state index in [9.17, 15) is 14.3 Å². The van der Waals surface area contributed by atoms with Gasteiger partial charge in [-0.2, -0.15) is 0 Å². The van der Waals surface area contributed by atoms with Crippen LogP contribution >= 0.6 is 23.2 Å². The van der Waals surface area contributed by atoms with E-state index in [2.05, 4.69) is 4.98 Å². The molecule has 2 aromatic carbocycles. The molecule has 0 fully saturated rings. The van der Waals surface area contributed by atoms with Crippen molar-refractivity contribution in [3.63, 3.8) is 0 Å². The number of carbonyl (C=O) groups is 1. The molecule has 120 valence electrons. The molecule has 1 N–H and O–H groups in total. The largest absolute Gasteiger partial charge is 0.508 e. The quantitative estimate of drug-likeness (QED) is 0.392. The summed E-state index contributed by atoms with van der Waals surface area (Å²) in [7, 11) is 0. The molecule has 0 amide bonds. The fourth-order valence-electron chi connectivity index (χ4n) is 2.17. The number of benzene rings is 2. The second kappa shape index (κ2) is 6.59. The monoisotopic (exact) mass is 361 g/mol. The van der Waals surface area contributed by atoms with Crippen LogP contribution in [0.3, 0.4) is 0 Å². The summed E-state index contributed by atoms with van der Waals surface area (Å²) in [6, 6.07) is 10.2. The minimum absolute atomic E-state index is 0.0307. The molecular formula is C18H10Cl2FNO2. The number of fused-ring (bicyclic) bond motifs is 1. The summed E-state index contributed by atoms with van der Waals surface area (Å²) >= 11 is 11.8. The summed E-state index contributed by atoms with van der Waals surface area (Å²) < 4.78 is 13.6. The lowest BCUT2D eigenvalue weighted by atomic mass is 10.1. The Kier molecular flexibility index (Phi) is 4.51. The fraction of sp³-hybridized carbons (Fsp3) is 0. The second-order valence-electron chi connectivity index (χ2n) is 5.07. The Morgan fingerprint density at radius 2 is 1.83 bits per heavy atom. The summed E-state index contributed by atoms with van der Waals surface area (Å²) in [6.45, 7) is 0. The van der Waals surface area contributed by atoms with Gasteiger partial charge in [-0.15, -0.1) is 0 Å². The first-order valence-electron chi connectivity index (χ1n) is 6.91. The molecule has 24 heavy (non-hydrogen) atoms. The molecule has 0 aliphatic heterocycles. The third-order valence-corrected chi connectivity index (χ3v) is 4.00. The number of aromatic nitrogens is 1. The zero-order chi connectivity index (χ0) is 17.3. The Morgan fingerprint density at radius 1 is 1.12 bits per heavy atom. The molecule has 0 radical (unpaired) electrons. The van der Waals surface area contributed by atoms with Crippen molar-refractivity contribution in [1.82, 2.24) is 4.98 Å². The van der Waals surface area contributed by atoms with Crippen LogP contribution in [0.15, 0.2) is 48.5 Å². The normalized spacial score (nSPS) is 11.3. The predicted molar refractivity (Wildman–Crippen MR) is 93.2 cm³/mol. The number of aromatic hydroxyl groups is 1. The van der Waals surface area contributed by atoms with Gasteiger partial charge in [-0.3, -0.25) is 4.79 Å². The first-order valence-corrected chi connectivity index (χ1v) is 7.66. The van der Waals surface area contributed by atoms with E-state index >= 15 is 0 Å². The van der Waals surface area contributed by atoms with Crippen LogP contribution in [0.5, 0.6) is 5.75 Å². The number of phenols is 1. The molecule has 6 heteroatoms. The number of carbonyl (C=O) groups excluding carboxylic acids is 1. The standard InChI is InChI=1S/C18H10Cl2FNO2/c19-14-9-16-12(8-15(14)21)7-11(18(20)22-16)3-6-17(24)10-1-4-13(23)5-2-10/h1-9,23H. The highest BCUT2D eigenvalue weighted by Crippen LogP contribution is 2.26. The topological polar surface area (TPSA) is 50.2 Å². The van der Waals surface area contributed by atoms with Gasteiger partial charge >= 0.3 is 0 Å². The van der Waals surface area contributed by atoms with Crippen molar-refractivity contribution in [3.8, 4) is 5.75 Å². The average Bonchev–Trinajstić information content (AvgIpc) is 2.55. The van der Waals surface area contributed by atoms with Crippen molar-refractivity contribution in [1.29, 1.82) is 0 Å². The lowest BCUT2D eigenvalue weighted by Gasteiger charge is -2.04. The molecule has 0 atom stereocenters. The van der Waals surface area contributed by atoms with Crippen LogP contribution < -0.4 is 0 Å². The Morgan fingerprint density at radius 3 is 2.54 bits per heavy atom. The Hall–Kier alpha value is -2.43. The van der Waals surface area contributed by atoms with Crippen molar-refractivity contribution in [2.75, 3.05) is 0 Å². The Labute approximate surface area is 147 Å². The molecule has 0 saturated heterocycles. The number of hydrogen-bond acceptors (Lipinski definition) is 3. The second-order valence-corrected chi connectivity index (χ2v) is 5.84. The van der Waals surface area contributed by atoms with Crippen LogP contribution in [0.25, 0.3) is 17.0 Å². The summed E-state index contributed by atoms with van der Waals surface area (Å²) in [6.07, 6.45) is 2.85. The summed E-state index contributed by atoms with van der Waals surface area (Å²) in [5, 5.41) is 9.91. The van der Waals surface area contributed by atoms with E-state index < -0.39 is 5.82 Å². The Bertz CT molecular complexity index is 969. The molecule has 1 aromatic heterocycles. The smallest absolute Gasteiger partial charge is 0.185 e. The van der Waals surface area contributed by atoms with E-state index in [0.717, 1.165) is 0 Å². The number of nitrogens with zero attached hydrogens (tertiary/aromatic N) is 1. The van der Waals surface area contributed by atoms with Gasteiger partial charge < -0.3 is 5.11 Å². The van der Waals surface area contributed by atoms with Crippen molar-refractivity contribution >= 4 is 46.0 Å². The molecule has 3 nitrogen and oxygen atoms in total. The molecule has 3 rings (SSSR count). The highest BCUT2D eigenvalue weighted by molar-refractivity contribution is 6.32. The van der Waals surface area contributed by atoms with Crippen LogP contribution in [-0.4, -0.2) is 15.9 Å². The van der Waals surface area contributed by atoms with Gasteiger partial charge in [0.1, 0.15) is 16.7 Å². The van der Waals surface area contributed by atoms with Crippen LogP contribution in [-0.2, 0) is 0 Å². The van der Waals surface area contributed by atoms with Gasteiger partial charge in [0, 0.05) is 16.5 Å². The molecule has 0 spiro atoms. The number of ketones is 1. The van der Waals surface area contributed by atoms with E-state index in [1.54, 1.807) is 6.07 Å². The van der Waals surface area contributed by atoms with E-state index in [1.807, 2.05) is 0 Å². The lowest BCUT2D eigenvalue weighted by Crippen LogP contribution is -1.93. The summed E-state index contributed by atoms with van der Waals surface area (Å²) in [4.78, 5) is 16.3. The SMILES string of the molecule is O=C(C=Cc1cc2cc(F)c(Cl)cc2nc1Cl)c1ccc(O)cc1. The zero-order valence-electron chi connectivity index (χ0n) is 12.1.